The van der Waals surface area contributed by atoms with Gasteiger partial charge in [-0.15, -0.1) is 11.3 Å². The zero-order valence-electron chi connectivity index (χ0n) is 13.5. The molecule has 3 saturated heterocycles. The second-order valence-electron chi connectivity index (χ2n) is 6.49. The molecule has 0 unspecified atom stereocenters. The summed E-state index contributed by atoms with van der Waals surface area (Å²) in [5.41, 5.74) is 0.973. The molecule has 4 heterocycles. The molecule has 0 aliphatic carbocycles. The number of carbonyl (C=O) groups excluding carboxylic acids is 2. The van der Waals surface area contributed by atoms with Crippen molar-refractivity contribution in [2.75, 3.05) is 19.6 Å². The van der Waals surface area contributed by atoms with E-state index < -0.39 is 0 Å². The van der Waals surface area contributed by atoms with Gasteiger partial charge in [0.15, 0.2) is 0 Å². The van der Waals surface area contributed by atoms with Crippen molar-refractivity contribution in [1.29, 1.82) is 0 Å². The number of thiazole rings is 1. The van der Waals surface area contributed by atoms with Crippen molar-refractivity contribution in [1.82, 2.24) is 14.8 Å². The number of amides is 2. The predicted molar refractivity (Wildman–Crippen MR) is 85.8 cm³/mol. The monoisotopic (exact) mass is 321 g/mol. The smallest absolute Gasteiger partial charge is 0.228 e. The number of hydrogen-bond acceptors (Lipinski definition) is 4. The fraction of sp³-hybridized carbons (Fsp3) is 0.688. The van der Waals surface area contributed by atoms with Crippen molar-refractivity contribution >= 4 is 23.2 Å². The number of carbonyl (C=O) groups is 2. The van der Waals surface area contributed by atoms with E-state index in [2.05, 4.69) is 4.98 Å². The maximum absolute atomic E-state index is 12.7. The third-order valence-corrected chi connectivity index (χ3v) is 5.86. The number of piperidine rings is 1. The minimum Gasteiger partial charge on any atom is -0.341 e. The Labute approximate surface area is 135 Å². The third-order valence-electron chi connectivity index (χ3n) is 4.79. The van der Waals surface area contributed by atoms with E-state index in [-0.39, 0.29) is 17.9 Å². The van der Waals surface area contributed by atoms with Crippen LogP contribution < -0.4 is 0 Å². The molecular formula is C16H23N3O2S. The molecule has 2 bridgehead atoms. The topological polar surface area (TPSA) is 53.5 Å². The number of aromatic nitrogens is 1. The lowest BCUT2D eigenvalue weighted by Crippen LogP contribution is -2.48. The predicted octanol–water partition coefficient (Wildman–Crippen LogP) is 1.77. The minimum atomic E-state index is 0.125. The molecule has 2 atom stereocenters. The van der Waals surface area contributed by atoms with Gasteiger partial charge in [0.2, 0.25) is 11.8 Å². The molecule has 2 amide bonds. The summed E-state index contributed by atoms with van der Waals surface area (Å²) in [6.45, 7) is 7.86. The Morgan fingerprint density at radius 3 is 2.64 bits per heavy atom. The van der Waals surface area contributed by atoms with Gasteiger partial charge < -0.3 is 9.80 Å². The van der Waals surface area contributed by atoms with Crippen LogP contribution in [0, 0.1) is 19.8 Å². The lowest BCUT2D eigenvalue weighted by molar-refractivity contribution is -0.135. The van der Waals surface area contributed by atoms with Crippen LogP contribution in [0.2, 0.25) is 0 Å². The average molecular weight is 321 g/mol. The standard InChI is InChI=1S/C16H23N3O2S/c1-10-15(22-11(2)17-10)6-16(21)19-8-13-4-5-14(19)9-18(7-13)12(3)20/h13-14H,4-9H2,1-3H3/t13-,14+/m0/s1. The molecule has 0 spiro atoms. The van der Waals surface area contributed by atoms with Crippen LogP contribution in [-0.2, 0) is 16.0 Å². The summed E-state index contributed by atoms with van der Waals surface area (Å²) in [7, 11) is 0. The average Bonchev–Trinajstić information content (AvgIpc) is 2.67. The second kappa shape index (κ2) is 5.99. The van der Waals surface area contributed by atoms with Crippen LogP contribution >= 0.6 is 11.3 Å². The lowest BCUT2D eigenvalue weighted by Gasteiger charge is -2.36. The SMILES string of the molecule is CC(=O)N1C[C@@H]2CC[C@H](C1)N(C(=O)Cc1sc(C)nc1C)C2. The summed E-state index contributed by atoms with van der Waals surface area (Å²) in [6, 6.07) is 0.185. The van der Waals surface area contributed by atoms with Crippen LogP contribution in [0.3, 0.4) is 0 Å². The van der Waals surface area contributed by atoms with Crippen molar-refractivity contribution in [3.63, 3.8) is 0 Å². The molecule has 22 heavy (non-hydrogen) atoms. The zero-order chi connectivity index (χ0) is 15.9. The minimum absolute atomic E-state index is 0.125. The van der Waals surface area contributed by atoms with Gasteiger partial charge in [0.1, 0.15) is 0 Å². The van der Waals surface area contributed by atoms with E-state index in [1.54, 1.807) is 18.3 Å². The van der Waals surface area contributed by atoms with Crippen molar-refractivity contribution in [3.05, 3.63) is 15.6 Å². The summed E-state index contributed by atoms with van der Waals surface area (Å²) in [6.07, 6.45) is 2.58. The highest BCUT2D eigenvalue weighted by atomic mass is 32.1. The normalized spacial score (nSPS) is 24.5. The molecule has 120 valence electrons. The van der Waals surface area contributed by atoms with Gasteiger partial charge in [0, 0.05) is 37.5 Å². The Morgan fingerprint density at radius 2 is 2.00 bits per heavy atom. The van der Waals surface area contributed by atoms with E-state index in [9.17, 15) is 9.59 Å². The van der Waals surface area contributed by atoms with Gasteiger partial charge in [-0.2, -0.15) is 0 Å². The quantitative estimate of drug-likeness (QED) is 0.834. The van der Waals surface area contributed by atoms with E-state index in [1.165, 1.54) is 0 Å². The van der Waals surface area contributed by atoms with Gasteiger partial charge in [-0.1, -0.05) is 0 Å². The van der Waals surface area contributed by atoms with Gasteiger partial charge in [0.25, 0.3) is 0 Å². The molecular weight excluding hydrogens is 298 g/mol. The highest BCUT2D eigenvalue weighted by molar-refractivity contribution is 7.11. The molecule has 6 heteroatoms. The van der Waals surface area contributed by atoms with Crippen molar-refractivity contribution < 1.29 is 9.59 Å². The highest BCUT2D eigenvalue weighted by Gasteiger charge is 2.37. The highest BCUT2D eigenvalue weighted by Crippen LogP contribution is 2.29. The van der Waals surface area contributed by atoms with Gasteiger partial charge in [-0.25, -0.2) is 4.98 Å². The first kappa shape index (κ1) is 15.5. The molecule has 0 radical (unpaired) electrons. The Hall–Kier alpha value is -1.43. The Balaban J connectivity index is 1.73. The summed E-state index contributed by atoms with van der Waals surface area (Å²) < 4.78 is 0. The van der Waals surface area contributed by atoms with E-state index in [0.717, 1.165) is 41.5 Å². The van der Waals surface area contributed by atoms with Crippen LogP contribution in [0.5, 0.6) is 0 Å². The molecule has 3 fully saturated rings. The van der Waals surface area contributed by atoms with E-state index >= 15 is 0 Å². The van der Waals surface area contributed by atoms with Crippen LogP contribution in [0.4, 0.5) is 0 Å². The molecule has 5 nitrogen and oxygen atoms in total. The molecule has 0 N–H and O–H groups in total. The van der Waals surface area contributed by atoms with Gasteiger partial charge in [-0.3, -0.25) is 9.59 Å². The molecule has 1 aromatic rings. The molecule has 4 rings (SSSR count). The first-order valence-electron chi connectivity index (χ1n) is 7.92. The molecule has 0 saturated carbocycles. The van der Waals surface area contributed by atoms with Gasteiger partial charge in [0.05, 0.1) is 17.1 Å². The largest absolute Gasteiger partial charge is 0.341 e. The first-order valence-corrected chi connectivity index (χ1v) is 8.73. The number of fused-ring (bicyclic) bond motifs is 4. The zero-order valence-corrected chi connectivity index (χ0v) is 14.3. The first-order chi connectivity index (χ1) is 10.4. The van der Waals surface area contributed by atoms with Gasteiger partial charge >= 0.3 is 0 Å². The summed E-state index contributed by atoms with van der Waals surface area (Å²) in [5.74, 6) is 0.739. The van der Waals surface area contributed by atoms with Crippen molar-refractivity contribution in [2.24, 2.45) is 5.92 Å². The second-order valence-corrected chi connectivity index (χ2v) is 7.77. The van der Waals surface area contributed by atoms with Crippen LogP contribution in [0.15, 0.2) is 0 Å². The molecule has 1 aromatic heterocycles. The number of hydrogen-bond donors (Lipinski definition) is 0. The van der Waals surface area contributed by atoms with Crippen molar-refractivity contribution in [2.45, 2.75) is 46.1 Å². The van der Waals surface area contributed by atoms with E-state index in [1.807, 2.05) is 23.6 Å². The number of aryl methyl sites for hydroxylation is 2. The van der Waals surface area contributed by atoms with Gasteiger partial charge in [-0.05, 0) is 32.6 Å². The third kappa shape index (κ3) is 3.02. The molecule has 3 aliphatic rings. The Kier molecular flexibility index (Phi) is 4.21. The maximum atomic E-state index is 12.7. The van der Waals surface area contributed by atoms with Crippen LogP contribution in [-0.4, -0.2) is 52.3 Å². The van der Waals surface area contributed by atoms with Crippen molar-refractivity contribution in [3.8, 4) is 0 Å². The number of nitrogens with zero attached hydrogens (tertiary/aromatic N) is 3. The Morgan fingerprint density at radius 1 is 1.23 bits per heavy atom. The van der Waals surface area contributed by atoms with E-state index in [0.29, 0.717) is 18.9 Å². The summed E-state index contributed by atoms with van der Waals surface area (Å²) in [5, 5.41) is 1.01. The van der Waals surface area contributed by atoms with Crippen LogP contribution in [0.25, 0.3) is 0 Å². The summed E-state index contributed by atoms with van der Waals surface area (Å²) >= 11 is 1.61. The fourth-order valence-corrected chi connectivity index (χ4v) is 4.55. The Bertz CT molecular complexity index is 598. The maximum Gasteiger partial charge on any atom is 0.228 e. The van der Waals surface area contributed by atoms with Crippen LogP contribution in [0.1, 0.15) is 35.3 Å². The number of rotatable bonds is 2. The molecule has 0 aromatic carbocycles. The van der Waals surface area contributed by atoms with E-state index in [4.69, 9.17) is 0 Å². The molecule has 3 aliphatic heterocycles. The lowest BCUT2D eigenvalue weighted by atomic mass is 9.94. The summed E-state index contributed by atoms with van der Waals surface area (Å²) in [4.78, 5) is 33.9. The fourth-order valence-electron chi connectivity index (χ4n) is 3.62.